The van der Waals surface area contributed by atoms with E-state index < -0.39 is 34.7 Å². The second-order valence-corrected chi connectivity index (χ2v) is 8.42. The normalized spacial score (nSPS) is 29.5. The summed E-state index contributed by atoms with van der Waals surface area (Å²) in [5, 5.41) is 9.86. The molecule has 7 heteroatoms. The van der Waals surface area contributed by atoms with E-state index in [0.29, 0.717) is 19.3 Å². The molecule has 1 fully saturated rings. The second-order valence-electron chi connectivity index (χ2n) is 8.42. The summed E-state index contributed by atoms with van der Waals surface area (Å²) in [6.07, 6.45) is 4.35. The molecule has 1 saturated carbocycles. The lowest BCUT2D eigenvalue weighted by molar-refractivity contribution is -0.175. The Morgan fingerprint density at radius 1 is 1.38 bits per heavy atom. The third-order valence-electron chi connectivity index (χ3n) is 6.47. The minimum Gasteiger partial charge on any atom is -0.478 e. The Balaban J connectivity index is 2.49. The summed E-state index contributed by atoms with van der Waals surface area (Å²) in [7, 11) is 0. The number of ether oxygens (including phenoxy) is 2. The molecular formula is C22H30O7. The number of fused-ring (bicyclic) bond motifs is 1. The van der Waals surface area contributed by atoms with Gasteiger partial charge in [-0.2, -0.15) is 0 Å². The van der Waals surface area contributed by atoms with Crippen molar-refractivity contribution in [2.75, 3.05) is 0 Å². The van der Waals surface area contributed by atoms with Crippen molar-refractivity contribution in [2.24, 2.45) is 17.3 Å². The van der Waals surface area contributed by atoms with Crippen molar-refractivity contribution in [3.05, 3.63) is 23.3 Å². The van der Waals surface area contributed by atoms with E-state index in [2.05, 4.69) is 0 Å². The van der Waals surface area contributed by atoms with Crippen LogP contribution in [0.15, 0.2) is 23.3 Å². The lowest BCUT2D eigenvalue weighted by Gasteiger charge is -2.46. The molecule has 7 nitrogen and oxygen atoms in total. The predicted molar refractivity (Wildman–Crippen MR) is 105 cm³/mol. The van der Waals surface area contributed by atoms with E-state index in [1.165, 1.54) is 19.9 Å². The van der Waals surface area contributed by atoms with Crippen LogP contribution in [0.4, 0.5) is 0 Å². The topological polar surface area (TPSA) is 107 Å². The SMILES string of the molecule is CC[C@@H](C)C(=O)O[C@@](C)(C(=O)O)C1=C[C@@]2(C)C(=CC1=O)CC[C@H](OC(C)=O)[C@@H]2C. The molecule has 0 aromatic carbocycles. The summed E-state index contributed by atoms with van der Waals surface area (Å²) in [5.74, 6) is -3.60. The Kier molecular flexibility index (Phi) is 6.40. The van der Waals surface area contributed by atoms with Crippen LogP contribution >= 0.6 is 0 Å². The van der Waals surface area contributed by atoms with Gasteiger partial charge in [-0.25, -0.2) is 4.79 Å². The van der Waals surface area contributed by atoms with E-state index in [1.807, 2.05) is 13.8 Å². The van der Waals surface area contributed by atoms with Crippen LogP contribution in [0, 0.1) is 17.3 Å². The van der Waals surface area contributed by atoms with E-state index in [9.17, 15) is 24.3 Å². The predicted octanol–water partition coefficient (Wildman–Crippen LogP) is 3.22. The van der Waals surface area contributed by atoms with Gasteiger partial charge in [0.05, 0.1) is 11.5 Å². The number of carbonyl (C=O) groups excluding carboxylic acids is 3. The molecule has 0 aromatic heterocycles. The zero-order chi connectivity index (χ0) is 22.1. The first-order valence-corrected chi connectivity index (χ1v) is 9.99. The lowest BCUT2D eigenvalue weighted by atomic mass is 9.60. The molecule has 2 aliphatic rings. The van der Waals surface area contributed by atoms with E-state index in [0.717, 1.165) is 5.57 Å². The number of allylic oxidation sites excluding steroid dienone is 3. The van der Waals surface area contributed by atoms with Crippen LogP contribution in [0.25, 0.3) is 0 Å². The molecule has 2 rings (SSSR count). The summed E-state index contributed by atoms with van der Waals surface area (Å²) in [6.45, 7) is 9.83. The van der Waals surface area contributed by atoms with Crippen LogP contribution in [0.5, 0.6) is 0 Å². The molecule has 0 heterocycles. The highest BCUT2D eigenvalue weighted by Gasteiger charge is 2.51. The molecule has 0 unspecified atom stereocenters. The van der Waals surface area contributed by atoms with E-state index >= 15 is 0 Å². The monoisotopic (exact) mass is 406 g/mol. The number of esters is 2. The summed E-state index contributed by atoms with van der Waals surface area (Å²) < 4.78 is 10.8. The van der Waals surface area contributed by atoms with Crippen LogP contribution in [0.3, 0.4) is 0 Å². The van der Waals surface area contributed by atoms with Crippen LogP contribution < -0.4 is 0 Å². The maximum absolute atomic E-state index is 12.8. The summed E-state index contributed by atoms with van der Waals surface area (Å²) in [5.41, 5.74) is -2.01. The van der Waals surface area contributed by atoms with Gasteiger partial charge in [0.1, 0.15) is 6.10 Å². The molecule has 0 aromatic rings. The van der Waals surface area contributed by atoms with Crippen LogP contribution in [0.1, 0.15) is 60.8 Å². The number of aliphatic carboxylic acids is 1. The highest BCUT2D eigenvalue weighted by Crippen LogP contribution is 2.50. The maximum atomic E-state index is 12.8. The fourth-order valence-corrected chi connectivity index (χ4v) is 3.98. The van der Waals surface area contributed by atoms with Gasteiger partial charge in [0, 0.05) is 18.3 Å². The van der Waals surface area contributed by atoms with Crippen molar-refractivity contribution in [3.63, 3.8) is 0 Å². The van der Waals surface area contributed by atoms with Gasteiger partial charge in [0.2, 0.25) is 5.60 Å². The van der Waals surface area contributed by atoms with Gasteiger partial charge in [-0.3, -0.25) is 14.4 Å². The molecule has 2 aliphatic carbocycles. The third kappa shape index (κ3) is 4.14. The Bertz CT molecular complexity index is 793. The third-order valence-corrected chi connectivity index (χ3v) is 6.47. The Morgan fingerprint density at radius 2 is 2.00 bits per heavy atom. The molecule has 0 radical (unpaired) electrons. The van der Waals surface area contributed by atoms with E-state index in [-0.39, 0.29) is 23.6 Å². The number of carbonyl (C=O) groups is 4. The zero-order valence-electron chi connectivity index (χ0n) is 17.9. The highest BCUT2D eigenvalue weighted by molar-refractivity contribution is 6.11. The molecule has 29 heavy (non-hydrogen) atoms. The fraction of sp³-hybridized carbons (Fsp3) is 0.636. The Morgan fingerprint density at radius 3 is 2.52 bits per heavy atom. The average Bonchev–Trinajstić information content (AvgIpc) is 2.64. The first-order valence-electron chi connectivity index (χ1n) is 9.99. The van der Waals surface area contributed by atoms with Gasteiger partial charge in [-0.1, -0.05) is 39.3 Å². The Labute approximate surface area is 171 Å². The number of ketones is 1. The molecule has 0 saturated heterocycles. The largest absolute Gasteiger partial charge is 0.478 e. The number of hydrogen-bond donors (Lipinski definition) is 1. The summed E-state index contributed by atoms with van der Waals surface area (Å²) >= 11 is 0. The van der Waals surface area contributed by atoms with Crippen LogP contribution in [-0.2, 0) is 28.7 Å². The maximum Gasteiger partial charge on any atom is 0.352 e. The molecule has 5 atom stereocenters. The number of carboxylic acids is 1. The second kappa shape index (κ2) is 8.13. The van der Waals surface area contributed by atoms with Gasteiger partial charge < -0.3 is 14.6 Å². The average molecular weight is 406 g/mol. The van der Waals surface area contributed by atoms with Gasteiger partial charge in [0.15, 0.2) is 5.78 Å². The molecule has 1 N–H and O–H groups in total. The summed E-state index contributed by atoms with van der Waals surface area (Å²) in [6, 6.07) is 0. The van der Waals surface area contributed by atoms with Crippen molar-refractivity contribution in [2.45, 2.75) is 72.5 Å². The van der Waals surface area contributed by atoms with Crippen LogP contribution in [-0.4, -0.2) is 40.5 Å². The van der Waals surface area contributed by atoms with Crippen molar-refractivity contribution in [1.82, 2.24) is 0 Å². The van der Waals surface area contributed by atoms with E-state index in [4.69, 9.17) is 9.47 Å². The number of hydrogen-bond acceptors (Lipinski definition) is 6. The van der Waals surface area contributed by atoms with Crippen LogP contribution in [0.2, 0.25) is 0 Å². The molecular weight excluding hydrogens is 376 g/mol. The van der Waals surface area contributed by atoms with Crippen molar-refractivity contribution in [1.29, 1.82) is 0 Å². The molecule has 0 amide bonds. The van der Waals surface area contributed by atoms with Crippen molar-refractivity contribution < 1.29 is 33.8 Å². The molecule has 0 spiro atoms. The van der Waals surface area contributed by atoms with Gasteiger partial charge >= 0.3 is 17.9 Å². The van der Waals surface area contributed by atoms with Gasteiger partial charge in [-0.15, -0.1) is 0 Å². The highest BCUT2D eigenvalue weighted by atomic mass is 16.6. The zero-order valence-corrected chi connectivity index (χ0v) is 17.9. The van der Waals surface area contributed by atoms with Gasteiger partial charge in [0.25, 0.3) is 0 Å². The molecule has 0 bridgehead atoms. The quantitative estimate of drug-likeness (QED) is 0.675. The minimum absolute atomic E-state index is 0.0803. The molecule has 160 valence electrons. The van der Waals surface area contributed by atoms with Gasteiger partial charge in [-0.05, 0) is 32.3 Å². The Hall–Kier alpha value is -2.44. The van der Waals surface area contributed by atoms with E-state index in [1.54, 1.807) is 19.9 Å². The lowest BCUT2D eigenvalue weighted by Crippen LogP contribution is -2.49. The smallest absolute Gasteiger partial charge is 0.352 e. The van der Waals surface area contributed by atoms with Crippen molar-refractivity contribution in [3.8, 4) is 0 Å². The van der Waals surface area contributed by atoms with Crippen molar-refractivity contribution >= 4 is 23.7 Å². The number of carboxylic acid groups (broad SMARTS) is 1. The molecule has 0 aliphatic heterocycles. The first kappa shape index (κ1) is 22.8. The standard InChI is InChI=1S/C22H30O7/c1-7-12(2)19(25)29-22(6,20(26)27)16-11-21(5)13(3)18(28-14(4)23)9-8-15(21)10-17(16)24/h10-13,18H,7-9H2,1-6H3,(H,26,27)/t12-,13+,18+,21-,22-/m1/s1. The first-order chi connectivity index (χ1) is 13.4. The minimum atomic E-state index is -2.10. The summed E-state index contributed by atoms with van der Waals surface area (Å²) in [4.78, 5) is 48.8. The number of rotatable bonds is 6. The fourth-order valence-electron chi connectivity index (χ4n) is 3.98.